The van der Waals surface area contributed by atoms with Gasteiger partial charge in [0, 0.05) is 12.5 Å². The molecule has 0 amide bonds. The lowest BCUT2D eigenvalue weighted by molar-refractivity contribution is -0.131. The van der Waals surface area contributed by atoms with Gasteiger partial charge in [-0.25, -0.2) is 0 Å². The highest BCUT2D eigenvalue weighted by Crippen LogP contribution is 2.20. The summed E-state index contributed by atoms with van der Waals surface area (Å²) in [5.41, 5.74) is 1.62. The molecule has 70 valence electrons. The Labute approximate surface area is 77.0 Å². The molecule has 0 saturated carbocycles. The molecule has 0 saturated heterocycles. The molecule has 1 N–H and O–H groups in total. The van der Waals surface area contributed by atoms with E-state index in [1.54, 1.807) is 12.1 Å². The van der Waals surface area contributed by atoms with Gasteiger partial charge in [0.15, 0.2) is 0 Å². The molecule has 0 bridgehead atoms. The quantitative estimate of drug-likeness (QED) is 0.553. The highest BCUT2D eigenvalue weighted by Gasteiger charge is 2.04. The third kappa shape index (κ3) is 2.56. The molecule has 1 aromatic carbocycles. The van der Waals surface area contributed by atoms with Crippen LogP contribution in [0.5, 0.6) is 5.75 Å². The largest absolute Gasteiger partial charge is 0.426 e. The second-order valence-electron chi connectivity index (χ2n) is 2.86. The Hall–Kier alpha value is -1.35. The van der Waals surface area contributed by atoms with Crippen LogP contribution in [0.15, 0.2) is 18.2 Å². The maximum Gasteiger partial charge on any atom is 0.308 e. The normalized spacial score (nSPS) is 9.77. The molecule has 0 atom stereocenters. The van der Waals surface area contributed by atoms with Crippen molar-refractivity contribution in [2.75, 3.05) is 0 Å². The number of rotatable bonds is 2. The smallest absolute Gasteiger partial charge is 0.308 e. The zero-order valence-corrected chi connectivity index (χ0v) is 7.70. The minimum Gasteiger partial charge on any atom is -0.426 e. The number of hydrogen-bond acceptors (Lipinski definition) is 3. The van der Waals surface area contributed by atoms with Crippen molar-refractivity contribution in [2.45, 2.75) is 20.5 Å². The topological polar surface area (TPSA) is 46.5 Å². The van der Waals surface area contributed by atoms with Crippen molar-refractivity contribution in [3.05, 3.63) is 29.3 Å². The van der Waals surface area contributed by atoms with Gasteiger partial charge in [-0.3, -0.25) is 4.79 Å². The fraction of sp³-hybridized carbons (Fsp3) is 0.300. The van der Waals surface area contributed by atoms with E-state index in [0.717, 1.165) is 5.56 Å². The van der Waals surface area contributed by atoms with Crippen molar-refractivity contribution in [1.29, 1.82) is 0 Å². The van der Waals surface area contributed by atoms with Crippen molar-refractivity contribution >= 4 is 5.97 Å². The summed E-state index contributed by atoms with van der Waals surface area (Å²) in [6.45, 7) is 3.11. The monoisotopic (exact) mass is 180 g/mol. The number of carbonyl (C=O) groups excluding carboxylic acids is 1. The zero-order chi connectivity index (χ0) is 9.84. The van der Waals surface area contributed by atoms with Crippen molar-refractivity contribution in [3.63, 3.8) is 0 Å². The molecule has 0 aromatic heterocycles. The van der Waals surface area contributed by atoms with Crippen molar-refractivity contribution in [2.24, 2.45) is 0 Å². The number of aliphatic hydroxyl groups is 1. The van der Waals surface area contributed by atoms with E-state index in [4.69, 9.17) is 9.84 Å². The Balaban J connectivity index is 3.01. The first-order valence-electron chi connectivity index (χ1n) is 4.02. The van der Waals surface area contributed by atoms with Crippen LogP contribution in [-0.2, 0) is 11.4 Å². The molecule has 0 radical (unpaired) electrons. The third-order valence-electron chi connectivity index (χ3n) is 1.65. The Bertz CT molecular complexity index is 318. The molecule has 0 aliphatic heterocycles. The molecule has 0 unspecified atom stereocenters. The second-order valence-corrected chi connectivity index (χ2v) is 2.86. The van der Waals surface area contributed by atoms with E-state index < -0.39 is 0 Å². The lowest BCUT2D eigenvalue weighted by atomic mass is 10.1. The van der Waals surface area contributed by atoms with E-state index in [2.05, 4.69) is 0 Å². The highest BCUT2D eigenvalue weighted by atomic mass is 16.5. The molecule has 1 rings (SSSR count). The summed E-state index contributed by atoms with van der Waals surface area (Å²) in [4.78, 5) is 10.7. The number of carbonyl (C=O) groups is 1. The molecule has 13 heavy (non-hydrogen) atoms. The van der Waals surface area contributed by atoms with Gasteiger partial charge in [0.1, 0.15) is 5.75 Å². The first kappa shape index (κ1) is 9.74. The maximum absolute atomic E-state index is 10.7. The predicted octanol–water partition coefficient (Wildman–Crippen LogP) is 1.41. The highest BCUT2D eigenvalue weighted by molar-refractivity contribution is 5.69. The van der Waals surface area contributed by atoms with Crippen LogP contribution in [0, 0.1) is 6.92 Å². The zero-order valence-electron chi connectivity index (χ0n) is 7.70. The van der Waals surface area contributed by atoms with Crippen LogP contribution in [0.4, 0.5) is 0 Å². The van der Waals surface area contributed by atoms with Crippen LogP contribution in [0.3, 0.4) is 0 Å². The van der Waals surface area contributed by atoms with Crippen LogP contribution in [-0.4, -0.2) is 11.1 Å². The molecule has 0 fully saturated rings. The van der Waals surface area contributed by atoms with Gasteiger partial charge >= 0.3 is 5.97 Å². The molecule has 0 heterocycles. The average molecular weight is 180 g/mol. The molecular weight excluding hydrogens is 168 g/mol. The van der Waals surface area contributed by atoms with Crippen LogP contribution in [0.25, 0.3) is 0 Å². The van der Waals surface area contributed by atoms with Gasteiger partial charge in [-0.1, -0.05) is 12.1 Å². The minimum atomic E-state index is -0.375. The first-order valence-corrected chi connectivity index (χ1v) is 4.02. The Kier molecular flexibility index (Phi) is 3.03. The average Bonchev–Trinajstić information content (AvgIpc) is 2.03. The Morgan fingerprint density at radius 3 is 2.77 bits per heavy atom. The number of aryl methyl sites for hydroxylation is 1. The lowest BCUT2D eigenvalue weighted by Crippen LogP contribution is -2.04. The van der Waals surface area contributed by atoms with Crippen LogP contribution >= 0.6 is 0 Å². The number of esters is 1. The van der Waals surface area contributed by atoms with Crippen LogP contribution < -0.4 is 4.74 Å². The fourth-order valence-electron chi connectivity index (χ4n) is 1.04. The first-order chi connectivity index (χ1) is 6.13. The van der Waals surface area contributed by atoms with Gasteiger partial charge in [-0.2, -0.15) is 0 Å². The van der Waals surface area contributed by atoms with E-state index in [9.17, 15) is 4.79 Å². The minimum absolute atomic E-state index is 0.122. The Morgan fingerprint density at radius 1 is 1.54 bits per heavy atom. The molecule has 0 aliphatic carbocycles. The maximum atomic E-state index is 10.7. The number of aliphatic hydroxyl groups excluding tert-OH is 1. The third-order valence-corrected chi connectivity index (χ3v) is 1.65. The summed E-state index contributed by atoms with van der Waals surface area (Å²) in [6.07, 6.45) is 0. The van der Waals surface area contributed by atoms with Gasteiger partial charge in [-0.05, 0) is 18.6 Å². The van der Waals surface area contributed by atoms with Crippen molar-refractivity contribution in [3.8, 4) is 5.75 Å². The van der Waals surface area contributed by atoms with Crippen LogP contribution in [0.2, 0.25) is 0 Å². The molecule has 0 aliphatic rings. The molecular formula is C10H12O3. The fourth-order valence-corrected chi connectivity index (χ4v) is 1.04. The summed E-state index contributed by atoms with van der Waals surface area (Å²) in [5.74, 6) is 0.0651. The summed E-state index contributed by atoms with van der Waals surface area (Å²) in [7, 11) is 0. The molecule has 1 aromatic rings. The van der Waals surface area contributed by atoms with Crippen LogP contribution in [0.1, 0.15) is 18.1 Å². The van der Waals surface area contributed by atoms with E-state index in [-0.39, 0.29) is 12.6 Å². The molecule has 0 spiro atoms. The van der Waals surface area contributed by atoms with Gasteiger partial charge in [-0.15, -0.1) is 0 Å². The van der Waals surface area contributed by atoms with E-state index in [1.807, 2.05) is 13.0 Å². The summed E-state index contributed by atoms with van der Waals surface area (Å²) < 4.78 is 4.92. The predicted molar refractivity (Wildman–Crippen MR) is 48.4 cm³/mol. The standard InChI is InChI=1S/C10H12O3/c1-7-3-4-9(6-11)10(5-7)13-8(2)12/h3-5,11H,6H2,1-2H3. The summed E-state index contributed by atoms with van der Waals surface area (Å²) >= 11 is 0. The van der Waals surface area contributed by atoms with E-state index >= 15 is 0 Å². The number of benzene rings is 1. The van der Waals surface area contributed by atoms with Gasteiger partial charge in [0.25, 0.3) is 0 Å². The van der Waals surface area contributed by atoms with E-state index in [0.29, 0.717) is 11.3 Å². The Morgan fingerprint density at radius 2 is 2.23 bits per heavy atom. The van der Waals surface area contributed by atoms with Crippen molar-refractivity contribution < 1.29 is 14.6 Å². The van der Waals surface area contributed by atoms with E-state index in [1.165, 1.54) is 6.92 Å². The molecule has 3 nitrogen and oxygen atoms in total. The summed E-state index contributed by atoms with van der Waals surface area (Å²) in [5, 5.41) is 8.93. The van der Waals surface area contributed by atoms with Gasteiger partial charge < -0.3 is 9.84 Å². The van der Waals surface area contributed by atoms with Gasteiger partial charge in [0.05, 0.1) is 6.61 Å². The van der Waals surface area contributed by atoms with Crippen molar-refractivity contribution in [1.82, 2.24) is 0 Å². The number of hydrogen-bond donors (Lipinski definition) is 1. The lowest BCUT2D eigenvalue weighted by Gasteiger charge is -2.07. The SMILES string of the molecule is CC(=O)Oc1cc(C)ccc1CO. The summed E-state index contributed by atoms with van der Waals surface area (Å²) in [6, 6.07) is 5.33. The number of ether oxygens (including phenoxy) is 1. The van der Waals surface area contributed by atoms with Gasteiger partial charge in [0.2, 0.25) is 0 Å². The molecule has 3 heteroatoms. The second kappa shape index (κ2) is 4.05.